The minimum atomic E-state index is -1.60. The van der Waals surface area contributed by atoms with Crippen LogP contribution in [0, 0.1) is 0 Å². The molecule has 0 fully saturated rings. The molecule has 0 aliphatic heterocycles. The van der Waals surface area contributed by atoms with E-state index < -0.39 is 24.5 Å². The third-order valence-corrected chi connectivity index (χ3v) is 4.51. The van der Waals surface area contributed by atoms with Crippen molar-refractivity contribution in [2.75, 3.05) is 13.1 Å². The Kier molecular flexibility index (Phi) is 9.30. The van der Waals surface area contributed by atoms with E-state index in [2.05, 4.69) is 11.0 Å². The molecule has 7 nitrogen and oxygen atoms in total. The molecule has 0 amide bonds. The van der Waals surface area contributed by atoms with E-state index in [-0.39, 0.29) is 11.8 Å². The number of hydrogen-bond donors (Lipinski definition) is 3. The molecule has 0 spiro atoms. The first kappa shape index (κ1) is 22.5. The Bertz CT molecular complexity index is 754. The summed E-state index contributed by atoms with van der Waals surface area (Å²) in [4.78, 5) is 33.3. The quantitative estimate of drug-likeness (QED) is 0.499. The fourth-order valence-corrected chi connectivity index (χ4v) is 2.63. The summed E-state index contributed by atoms with van der Waals surface area (Å²) in [6.45, 7) is 4.76. The fraction of sp³-hybridized carbons (Fsp3) is 0.364. The molecule has 0 saturated carbocycles. The molecule has 7 heteroatoms. The van der Waals surface area contributed by atoms with E-state index in [0.717, 1.165) is 11.1 Å². The zero-order valence-electron chi connectivity index (χ0n) is 16.7. The SMILES string of the molecule is CC(CNOC(=O)CC(O)C(=O)ONCC(C)c1ccccc1)c1ccccc1. The Morgan fingerprint density at radius 3 is 1.76 bits per heavy atom. The van der Waals surface area contributed by atoms with Gasteiger partial charge < -0.3 is 14.8 Å². The van der Waals surface area contributed by atoms with Crippen LogP contribution in [-0.2, 0) is 19.3 Å². The van der Waals surface area contributed by atoms with Gasteiger partial charge in [0.05, 0.1) is 6.42 Å². The molecule has 2 aromatic carbocycles. The van der Waals surface area contributed by atoms with Crippen molar-refractivity contribution in [2.45, 2.75) is 38.2 Å². The topological polar surface area (TPSA) is 96.9 Å². The van der Waals surface area contributed by atoms with E-state index in [4.69, 9.17) is 9.68 Å². The molecule has 0 aliphatic rings. The Hall–Kier alpha value is -2.74. The number of carbonyl (C=O) groups excluding carboxylic acids is 2. The van der Waals surface area contributed by atoms with Gasteiger partial charge in [0.15, 0.2) is 6.10 Å². The highest BCUT2D eigenvalue weighted by atomic mass is 16.7. The van der Waals surface area contributed by atoms with Crippen molar-refractivity contribution in [1.82, 2.24) is 11.0 Å². The number of nitrogens with one attached hydrogen (secondary N) is 2. The first-order valence-corrected chi connectivity index (χ1v) is 9.61. The largest absolute Gasteiger partial charge is 0.381 e. The molecular formula is C22H28N2O5. The van der Waals surface area contributed by atoms with Gasteiger partial charge in [0.2, 0.25) is 0 Å². The van der Waals surface area contributed by atoms with Crippen molar-refractivity contribution < 1.29 is 24.4 Å². The summed E-state index contributed by atoms with van der Waals surface area (Å²) in [5, 5.41) is 9.81. The maximum atomic E-state index is 11.8. The predicted molar refractivity (Wildman–Crippen MR) is 109 cm³/mol. The number of hydrogen-bond acceptors (Lipinski definition) is 7. The van der Waals surface area contributed by atoms with Gasteiger partial charge in [-0.05, 0) is 23.0 Å². The Morgan fingerprint density at radius 1 is 0.828 bits per heavy atom. The molecule has 3 atom stereocenters. The summed E-state index contributed by atoms with van der Waals surface area (Å²) >= 11 is 0. The molecule has 29 heavy (non-hydrogen) atoms. The smallest absolute Gasteiger partial charge is 0.354 e. The standard InChI is InChI=1S/C22H28N2O5/c1-16(18-9-5-3-6-10-18)14-23-28-21(26)13-20(25)22(27)29-24-15-17(2)19-11-7-4-8-12-19/h3-12,16-17,20,23-25H,13-15H2,1-2H3. The highest BCUT2D eigenvalue weighted by Gasteiger charge is 2.22. The van der Waals surface area contributed by atoms with Crippen LogP contribution >= 0.6 is 0 Å². The van der Waals surface area contributed by atoms with Gasteiger partial charge in [0.1, 0.15) is 0 Å². The van der Waals surface area contributed by atoms with Crippen molar-refractivity contribution in [3.8, 4) is 0 Å². The second-order valence-electron chi connectivity index (χ2n) is 6.94. The predicted octanol–water partition coefficient (Wildman–Crippen LogP) is 2.44. The van der Waals surface area contributed by atoms with Gasteiger partial charge in [-0.25, -0.2) is 4.79 Å². The van der Waals surface area contributed by atoms with Gasteiger partial charge in [-0.2, -0.15) is 11.0 Å². The van der Waals surface area contributed by atoms with Crippen LogP contribution in [0.25, 0.3) is 0 Å². The average Bonchev–Trinajstić information content (AvgIpc) is 2.74. The summed E-state index contributed by atoms with van der Waals surface area (Å²) in [7, 11) is 0. The first-order valence-electron chi connectivity index (χ1n) is 9.61. The minimum absolute atomic E-state index is 0.113. The van der Waals surface area contributed by atoms with Gasteiger partial charge in [0.25, 0.3) is 0 Å². The molecule has 0 radical (unpaired) electrons. The lowest BCUT2D eigenvalue weighted by molar-refractivity contribution is -0.168. The maximum Gasteiger partial charge on any atom is 0.354 e. The van der Waals surface area contributed by atoms with Crippen LogP contribution in [0.2, 0.25) is 0 Å². The number of carbonyl (C=O) groups is 2. The monoisotopic (exact) mass is 400 g/mol. The van der Waals surface area contributed by atoms with Gasteiger partial charge in [-0.1, -0.05) is 74.5 Å². The summed E-state index contributed by atoms with van der Waals surface area (Å²) in [5.74, 6) is -1.43. The first-order chi connectivity index (χ1) is 14.0. The lowest BCUT2D eigenvalue weighted by Gasteiger charge is -2.15. The van der Waals surface area contributed by atoms with Crippen LogP contribution in [-0.4, -0.2) is 36.2 Å². The van der Waals surface area contributed by atoms with Crippen LogP contribution in [0.1, 0.15) is 43.2 Å². The molecular weight excluding hydrogens is 372 g/mol. The van der Waals surface area contributed by atoms with Gasteiger partial charge in [-0.3, -0.25) is 4.79 Å². The van der Waals surface area contributed by atoms with Crippen molar-refractivity contribution in [3.63, 3.8) is 0 Å². The third-order valence-electron chi connectivity index (χ3n) is 4.51. The van der Waals surface area contributed by atoms with Crippen molar-refractivity contribution in [1.29, 1.82) is 0 Å². The second-order valence-corrected chi connectivity index (χ2v) is 6.94. The zero-order chi connectivity index (χ0) is 21.1. The number of rotatable bonds is 11. The van der Waals surface area contributed by atoms with E-state index in [9.17, 15) is 14.7 Å². The molecule has 0 aromatic heterocycles. The fourth-order valence-electron chi connectivity index (χ4n) is 2.63. The Balaban J connectivity index is 1.62. The highest BCUT2D eigenvalue weighted by molar-refractivity contribution is 5.81. The summed E-state index contributed by atoms with van der Waals surface area (Å²) in [5.41, 5.74) is 7.31. The van der Waals surface area contributed by atoms with Crippen LogP contribution in [0.4, 0.5) is 0 Å². The van der Waals surface area contributed by atoms with Crippen molar-refractivity contribution in [2.24, 2.45) is 0 Å². The van der Waals surface area contributed by atoms with Crippen LogP contribution < -0.4 is 11.0 Å². The molecule has 156 valence electrons. The second kappa shape index (κ2) is 12.0. The van der Waals surface area contributed by atoms with Crippen molar-refractivity contribution in [3.05, 3.63) is 71.8 Å². The van der Waals surface area contributed by atoms with Gasteiger partial charge in [0, 0.05) is 13.1 Å². The lowest BCUT2D eigenvalue weighted by atomic mass is 10.0. The molecule has 3 unspecified atom stereocenters. The molecule has 0 aliphatic carbocycles. The van der Waals surface area contributed by atoms with E-state index >= 15 is 0 Å². The number of aliphatic hydroxyl groups excluding tert-OH is 1. The molecule has 0 saturated heterocycles. The van der Waals surface area contributed by atoms with E-state index in [1.165, 1.54) is 0 Å². The maximum absolute atomic E-state index is 11.8. The van der Waals surface area contributed by atoms with Crippen LogP contribution in [0.5, 0.6) is 0 Å². The number of benzene rings is 2. The van der Waals surface area contributed by atoms with Gasteiger partial charge in [-0.15, -0.1) is 0 Å². The third kappa shape index (κ3) is 8.03. The van der Waals surface area contributed by atoms with Gasteiger partial charge >= 0.3 is 11.9 Å². The Labute approximate surface area is 170 Å². The zero-order valence-corrected chi connectivity index (χ0v) is 16.7. The summed E-state index contributed by atoms with van der Waals surface area (Å²) in [6, 6.07) is 19.5. The summed E-state index contributed by atoms with van der Waals surface area (Å²) < 4.78 is 0. The summed E-state index contributed by atoms with van der Waals surface area (Å²) in [6.07, 6.45) is -2.10. The number of hydroxylamine groups is 2. The highest BCUT2D eigenvalue weighted by Crippen LogP contribution is 2.14. The average molecular weight is 400 g/mol. The van der Waals surface area contributed by atoms with E-state index in [0.29, 0.717) is 13.1 Å². The van der Waals surface area contributed by atoms with E-state index in [1.54, 1.807) is 0 Å². The molecule has 0 heterocycles. The van der Waals surface area contributed by atoms with Crippen molar-refractivity contribution >= 4 is 11.9 Å². The lowest BCUT2D eigenvalue weighted by Crippen LogP contribution is -2.34. The minimum Gasteiger partial charge on any atom is -0.381 e. The van der Waals surface area contributed by atoms with Crippen LogP contribution in [0.15, 0.2) is 60.7 Å². The van der Waals surface area contributed by atoms with Crippen LogP contribution in [0.3, 0.4) is 0 Å². The normalized spacial score (nSPS) is 13.9. The van der Waals surface area contributed by atoms with E-state index in [1.807, 2.05) is 74.5 Å². The number of aliphatic hydroxyl groups is 1. The molecule has 3 N–H and O–H groups in total. The molecule has 0 bridgehead atoms. The molecule has 2 rings (SSSR count). The molecule has 2 aromatic rings. The Morgan fingerprint density at radius 2 is 1.28 bits per heavy atom.